The molecule has 1 aliphatic heterocycles. The molecule has 0 unspecified atom stereocenters. The number of carbonyl (C=O) groups excluding carboxylic acids is 1. The molecule has 5 nitrogen and oxygen atoms in total. The van der Waals surface area contributed by atoms with Crippen LogP contribution in [-0.2, 0) is 6.18 Å². The van der Waals surface area contributed by atoms with Crippen molar-refractivity contribution >= 4 is 23.2 Å². The van der Waals surface area contributed by atoms with Crippen LogP contribution in [0.3, 0.4) is 0 Å². The molecule has 43 heavy (non-hydrogen) atoms. The molecule has 5 rings (SSSR count). The van der Waals surface area contributed by atoms with Gasteiger partial charge in [-0.25, -0.2) is 0 Å². The third-order valence-corrected chi connectivity index (χ3v) is 7.75. The summed E-state index contributed by atoms with van der Waals surface area (Å²) in [6.07, 6.45) is -3.76. The fourth-order valence-electron chi connectivity index (χ4n) is 5.38. The maximum Gasteiger partial charge on any atom is 0.416 e. The lowest BCUT2D eigenvalue weighted by atomic mass is 9.96. The molecule has 1 fully saturated rings. The number of amides is 1. The quantitative estimate of drug-likeness (QED) is 0.187. The maximum atomic E-state index is 13.1. The molecule has 9 heteroatoms. The van der Waals surface area contributed by atoms with Crippen LogP contribution in [0.15, 0.2) is 103 Å². The second-order valence-electron chi connectivity index (χ2n) is 10.5. The van der Waals surface area contributed by atoms with E-state index in [4.69, 9.17) is 16.3 Å². The van der Waals surface area contributed by atoms with Crippen LogP contribution >= 0.6 is 11.6 Å². The van der Waals surface area contributed by atoms with Gasteiger partial charge in [0.1, 0.15) is 5.75 Å². The van der Waals surface area contributed by atoms with Gasteiger partial charge in [-0.2, -0.15) is 13.2 Å². The summed E-state index contributed by atoms with van der Waals surface area (Å²) in [6.45, 7) is 4.96. The van der Waals surface area contributed by atoms with Gasteiger partial charge in [0, 0.05) is 43.4 Å². The Morgan fingerprint density at radius 3 is 2.12 bits per heavy atom. The minimum absolute atomic E-state index is 0.0339. The molecule has 1 N–H and O–H groups in total. The first-order chi connectivity index (χ1) is 20.8. The first-order valence-corrected chi connectivity index (χ1v) is 14.6. The van der Waals surface area contributed by atoms with Crippen LogP contribution in [-0.4, -0.2) is 55.0 Å². The van der Waals surface area contributed by atoms with Crippen LogP contribution in [0.4, 0.5) is 18.9 Å². The fraction of sp³-hybridized carbons (Fsp3) is 0.265. The van der Waals surface area contributed by atoms with Gasteiger partial charge >= 0.3 is 6.18 Å². The van der Waals surface area contributed by atoms with Crippen LogP contribution in [0.25, 0.3) is 0 Å². The maximum absolute atomic E-state index is 13.1. The molecule has 0 atom stereocenters. The van der Waals surface area contributed by atoms with Gasteiger partial charge in [-0.1, -0.05) is 78.3 Å². The molecular weight excluding hydrogens is 575 g/mol. The highest BCUT2D eigenvalue weighted by atomic mass is 35.5. The van der Waals surface area contributed by atoms with Crippen molar-refractivity contribution < 1.29 is 22.7 Å². The summed E-state index contributed by atoms with van der Waals surface area (Å²) in [5.41, 5.74) is 1.92. The summed E-state index contributed by atoms with van der Waals surface area (Å²) in [5.74, 6) is -0.272. The Morgan fingerprint density at radius 1 is 0.837 bits per heavy atom. The van der Waals surface area contributed by atoms with Gasteiger partial charge in [0.15, 0.2) is 0 Å². The predicted molar refractivity (Wildman–Crippen MR) is 164 cm³/mol. The molecule has 0 spiro atoms. The van der Waals surface area contributed by atoms with E-state index >= 15 is 0 Å². The number of rotatable bonds is 10. The number of hydrogen-bond donors (Lipinski definition) is 1. The van der Waals surface area contributed by atoms with E-state index in [0.717, 1.165) is 51.3 Å². The van der Waals surface area contributed by atoms with Gasteiger partial charge in [0.25, 0.3) is 5.91 Å². The van der Waals surface area contributed by atoms with E-state index in [1.165, 1.54) is 29.3 Å². The zero-order chi connectivity index (χ0) is 30.2. The standard InChI is InChI=1S/C34H33ClF3N3O2/c35-28-15-16-31(30(24-28)33(42)39-29-14-7-13-27(23-29)34(36,37)38)43-22-8-17-40-18-20-41(21-19-40)32(25-9-3-1-4-10-25)26-11-5-2-6-12-26/h1-7,9-16,23-24,32H,8,17-22H2,(H,39,42). The largest absolute Gasteiger partial charge is 0.493 e. The van der Waals surface area contributed by atoms with E-state index < -0.39 is 17.6 Å². The number of anilines is 1. The number of ether oxygens (including phenoxy) is 1. The molecule has 0 saturated carbocycles. The molecule has 1 amide bonds. The van der Waals surface area contributed by atoms with E-state index in [9.17, 15) is 18.0 Å². The minimum atomic E-state index is -4.51. The molecule has 1 heterocycles. The first-order valence-electron chi connectivity index (χ1n) is 14.3. The van der Waals surface area contributed by atoms with E-state index in [1.807, 2.05) is 12.1 Å². The van der Waals surface area contributed by atoms with Gasteiger partial charge in [-0.05, 0) is 53.9 Å². The van der Waals surface area contributed by atoms with Gasteiger partial charge in [-0.3, -0.25) is 9.69 Å². The predicted octanol–water partition coefficient (Wildman–Crippen LogP) is 7.79. The fourth-order valence-corrected chi connectivity index (χ4v) is 5.55. The molecule has 0 aromatic heterocycles. The molecule has 0 aliphatic carbocycles. The Balaban J connectivity index is 1.14. The lowest BCUT2D eigenvalue weighted by Crippen LogP contribution is -2.48. The van der Waals surface area contributed by atoms with Gasteiger partial charge < -0.3 is 15.0 Å². The molecule has 224 valence electrons. The Labute approximate surface area is 254 Å². The van der Waals surface area contributed by atoms with Crippen molar-refractivity contribution in [3.05, 3.63) is 130 Å². The van der Waals surface area contributed by atoms with Crippen molar-refractivity contribution in [1.82, 2.24) is 9.80 Å². The number of hydrogen-bond acceptors (Lipinski definition) is 4. The molecule has 0 bridgehead atoms. The molecular formula is C34H33ClF3N3O2. The number of halogens is 4. The number of alkyl halides is 3. The Hall–Kier alpha value is -3.85. The second kappa shape index (κ2) is 14.1. The smallest absolute Gasteiger partial charge is 0.416 e. The second-order valence-corrected chi connectivity index (χ2v) is 10.9. The summed E-state index contributed by atoms with van der Waals surface area (Å²) in [7, 11) is 0. The third kappa shape index (κ3) is 8.16. The van der Waals surface area contributed by atoms with E-state index in [2.05, 4.69) is 63.6 Å². The number of piperazine rings is 1. The minimum Gasteiger partial charge on any atom is -0.493 e. The zero-order valence-corrected chi connectivity index (χ0v) is 24.3. The number of nitrogens with zero attached hydrogens (tertiary/aromatic N) is 2. The van der Waals surface area contributed by atoms with Gasteiger partial charge in [0.2, 0.25) is 0 Å². The van der Waals surface area contributed by atoms with Crippen molar-refractivity contribution in [2.45, 2.75) is 18.6 Å². The van der Waals surface area contributed by atoms with Crippen molar-refractivity contribution in [2.75, 3.05) is 44.6 Å². The van der Waals surface area contributed by atoms with Crippen LogP contribution in [0.1, 0.15) is 39.5 Å². The molecule has 0 radical (unpaired) electrons. The summed E-state index contributed by atoms with van der Waals surface area (Å²) in [4.78, 5) is 17.9. The van der Waals surface area contributed by atoms with E-state index in [-0.39, 0.29) is 17.3 Å². The Morgan fingerprint density at radius 2 is 1.49 bits per heavy atom. The Bertz CT molecular complexity index is 1450. The van der Waals surface area contributed by atoms with Gasteiger partial charge in [0.05, 0.1) is 23.8 Å². The first kappa shape index (κ1) is 30.6. The number of benzene rings is 4. The molecule has 1 saturated heterocycles. The number of nitrogens with one attached hydrogen (secondary N) is 1. The van der Waals surface area contributed by atoms with Crippen molar-refractivity contribution in [2.24, 2.45) is 0 Å². The van der Waals surface area contributed by atoms with E-state index in [1.54, 1.807) is 12.1 Å². The molecule has 1 aliphatic rings. The summed E-state index contributed by atoms with van der Waals surface area (Å²) < 4.78 is 45.2. The van der Waals surface area contributed by atoms with Crippen molar-refractivity contribution in [1.29, 1.82) is 0 Å². The average Bonchev–Trinajstić information content (AvgIpc) is 3.01. The van der Waals surface area contributed by atoms with Crippen LogP contribution in [0.2, 0.25) is 5.02 Å². The SMILES string of the molecule is O=C(Nc1cccc(C(F)(F)F)c1)c1cc(Cl)ccc1OCCCN1CCN(C(c2ccccc2)c2ccccc2)CC1. The number of carbonyl (C=O) groups is 1. The van der Waals surface area contributed by atoms with Crippen molar-refractivity contribution in [3.8, 4) is 5.75 Å². The van der Waals surface area contributed by atoms with Crippen LogP contribution in [0.5, 0.6) is 5.75 Å². The van der Waals surface area contributed by atoms with Crippen LogP contribution in [0, 0.1) is 0 Å². The highest BCUT2D eigenvalue weighted by Gasteiger charge is 2.31. The highest BCUT2D eigenvalue weighted by Crippen LogP contribution is 2.32. The monoisotopic (exact) mass is 607 g/mol. The van der Waals surface area contributed by atoms with E-state index in [0.29, 0.717) is 17.4 Å². The van der Waals surface area contributed by atoms with Crippen LogP contribution < -0.4 is 10.1 Å². The third-order valence-electron chi connectivity index (χ3n) is 7.51. The van der Waals surface area contributed by atoms with Crippen molar-refractivity contribution in [3.63, 3.8) is 0 Å². The topological polar surface area (TPSA) is 44.8 Å². The highest BCUT2D eigenvalue weighted by molar-refractivity contribution is 6.31. The lowest BCUT2D eigenvalue weighted by Gasteiger charge is -2.39. The molecule has 4 aromatic rings. The summed E-state index contributed by atoms with van der Waals surface area (Å²) in [6, 6.07) is 30.6. The van der Waals surface area contributed by atoms with Gasteiger partial charge in [-0.15, -0.1) is 0 Å². The molecule has 4 aromatic carbocycles. The Kier molecular flexibility index (Phi) is 10.0. The summed E-state index contributed by atoms with van der Waals surface area (Å²) in [5, 5.41) is 2.85. The average molecular weight is 608 g/mol. The normalized spacial score (nSPS) is 14.5. The summed E-state index contributed by atoms with van der Waals surface area (Å²) >= 11 is 6.13. The zero-order valence-electron chi connectivity index (χ0n) is 23.6. The lowest BCUT2D eigenvalue weighted by molar-refractivity contribution is -0.137.